The van der Waals surface area contributed by atoms with Crippen molar-refractivity contribution in [3.8, 4) is 17.2 Å². The second kappa shape index (κ2) is 5.12. The summed E-state index contributed by atoms with van der Waals surface area (Å²) in [5.41, 5.74) is 2.43. The van der Waals surface area contributed by atoms with Crippen molar-refractivity contribution in [2.45, 2.75) is 0 Å². The van der Waals surface area contributed by atoms with Crippen LogP contribution in [0.2, 0.25) is 0 Å². The second-order valence-electron chi connectivity index (χ2n) is 4.70. The van der Waals surface area contributed by atoms with E-state index >= 15 is 0 Å². The minimum atomic E-state index is 0.623. The Kier molecular flexibility index (Phi) is 2.97. The number of fused-ring (bicyclic) bond motifs is 1. The average Bonchev–Trinajstić information content (AvgIpc) is 2.99. The number of aromatic nitrogens is 6. The zero-order valence-corrected chi connectivity index (χ0v) is 12.2. The van der Waals surface area contributed by atoms with E-state index in [0.29, 0.717) is 10.5 Å². The van der Waals surface area contributed by atoms with Crippen molar-refractivity contribution in [3.05, 3.63) is 59.9 Å². The van der Waals surface area contributed by atoms with E-state index < -0.39 is 0 Å². The molecule has 4 aromatic heterocycles. The van der Waals surface area contributed by atoms with Gasteiger partial charge in [0.2, 0.25) is 0 Å². The van der Waals surface area contributed by atoms with Crippen molar-refractivity contribution in [1.29, 1.82) is 0 Å². The van der Waals surface area contributed by atoms with Crippen molar-refractivity contribution in [3.63, 3.8) is 0 Å². The van der Waals surface area contributed by atoms with Crippen molar-refractivity contribution in [1.82, 2.24) is 29.7 Å². The van der Waals surface area contributed by atoms with Gasteiger partial charge in [-0.3, -0.25) is 9.97 Å². The van der Waals surface area contributed by atoms with Crippen molar-refractivity contribution in [2.75, 3.05) is 0 Å². The number of pyridine rings is 2. The fraction of sp³-hybridized carbons (Fsp3) is 0. The molecule has 106 valence electrons. The molecule has 0 unspecified atom stereocenters. The van der Waals surface area contributed by atoms with Crippen LogP contribution in [0.1, 0.15) is 0 Å². The number of nitrogens with zero attached hydrogens (tertiary/aromatic N) is 5. The molecule has 0 fully saturated rings. The van der Waals surface area contributed by atoms with E-state index in [9.17, 15) is 0 Å². The Bertz CT molecular complexity index is 1010. The lowest BCUT2D eigenvalue weighted by atomic mass is 10.2. The predicted molar refractivity (Wildman–Crippen MR) is 85.1 cm³/mol. The highest BCUT2D eigenvalue weighted by molar-refractivity contribution is 7.71. The molecule has 0 saturated heterocycles. The van der Waals surface area contributed by atoms with Gasteiger partial charge in [-0.2, -0.15) is 5.10 Å². The summed E-state index contributed by atoms with van der Waals surface area (Å²) in [6, 6.07) is 7.49. The fourth-order valence-electron chi connectivity index (χ4n) is 2.18. The molecule has 0 aliphatic heterocycles. The smallest absolute Gasteiger partial charge is 0.156 e. The summed E-state index contributed by atoms with van der Waals surface area (Å²) in [4.78, 5) is 15.8. The molecule has 6 nitrogen and oxygen atoms in total. The number of hydrogen-bond donors (Lipinski definition) is 1. The Labute approximate surface area is 130 Å². The first-order valence-corrected chi connectivity index (χ1v) is 7.02. The average molecular weight is 306 g/mol. The Morgan fingerprint density at radius 1 is 1.09 bits per heavy atom. The van der Waals surface area contributed by atoms with Crippen LogP contribution in [-0.2, 0) is 0 Å². The molecule has 0 spiro atoms. The Hall–Kier alpha value is -2.93. The number of H-pyrrole nitrogens is 1. The van der Waals surface area contributed by atoms with Gasteiger partial charge in [0.05, 0.1) is 18.1 Å². The molecule has 4 aromatic rings. The van der Waals surface area contributed by atoms with Gasteiger partial charge in [-0.15, -0.1) is 0 Å². The number of hydrogen-bond acceptors (Lipinski definition) is 5. The third-order valence-electron chi connectivity index (χ3n) is 3.21. The first-order valence-electron chi connectivity index (χ1n) is 6.61. The monoisotopic (exact) mass is 306 g/mol. The summed E-state index contributed by atoms with van der Waals surface area (Å²) >= 11 is 5.12. The maximum absolute atomic E-state index is 5.12. The standard InChI is InChI=1S/C15H10N6S/c22-14-3-5-17-15(19-14)12-6-10-9-21(20-13(10)8-18-12)11-2-1-4-16-7-11/h1-9H,(H,17,19,22). The van der Waals surface area contributed by atoms with Gasteiger partial charge in [0.25, 0.3) is 0 Å². The number of nitrogens with one attached hydrogen (secondary N) is 1. The summed E-state index contributed by atoms with van der Waals surface area (Å²) in [6.07, 6.45) is 8.82. The van der Waals surface area contributed by atoms with Crippen LogP contribution in [0.25, 0.3) is 28.1 Å². The maximum Gasteiger partial charge on any atom is 0.156 e. The molecule has 0 aliphatic carbocycles. The van der Waals surface area contributed by atoms with Crippen LogP contribution in [0.15, 0.2) is 55.2 Å². The van der Waals surface area contributed by atoms with E-state index in [4.69, 9.17) is 12.2 Å². The summed E-state index contributed by atoms with van der Waals surface area (Å²) in [5.74, 6) is 0.642. The summed E-state index contributed by atoms with van der Waals surface area (Å²) in [7, 11) is 0. The molecular formula is C15H10N6S. The van der Waals surface area contributed by atoms with Crippen LogP contribution in [0.4, 0.5) is 0 Å². The highest BCUT2D eigenvalue weighted by Gasteiger charge is 2.07. The van der Waals surface area contributed by atoms with Crippen LogP contribution in [0.3, 0.4) is 0 Å². The van der Waals surface area contributed by atoms with Crippen LogP contribution in [0, 0.1) is 4.64 Å². The van der Waals surface area contributed by atoms with Gasteiger partial charge in [-0.25, -0.2) is 9.67 Å². The summed E-state index contributed by atoms with van der Waals surface area (Å²) in [5, 5.41) is 5.47. The molecule has 0 radical (unpaired) electrons. The van der Waals surface area contributed by atoms with Crippen LogP contribution in [0.5, 0.6) is 0 Å². The molecule has 4 heterocycles. The topological polar surface area (TPSA) is 72.3 Å². The van der Waals surface area contributed by atoms with E-state index in [0.717, 1.165) is 22.3 Å². The molecule has 0 aromatic carbocycles. The molecule has 0 atom stereocenters. The molecule has 0 saturated carbocycles. The molecule has 0 bridgehead atoms. The van der Waals surface area contributed by atoms with Crippen molar-refractivity contribution >= 4 is 23.1 Å². The molecule has 0 amide bonds. The van der Waals surface area contributed by atoms with Gasteiger partial charge in [-0.1, -0.05) is 12.2 Å². The zero-order valence-electron chi connectivity index (χ0n) is 11.3. The highest BCUT2D eigenvalue weighted by atomic mass is 32.1. The third kappa shape index (κ3) is 2.27. The highest BCUT2D eigenvalue weighted by Crippen LogP contribution is 2.19. The molecule has 4 rings (SSSR count). The van der Waals surface area contributed by atoms with Gasteiger partial charge >= 0.3 is 0 Å². The van der Waals surface area contributed by atoms with Crippen LogP contribution < -0.4 is 0 Å². The number of aromatic amines is 1. The van der Waals surface area contributed by atoms with E-state index in [1.807, 2.05) is 24.4 Å². The molecular weight excluding hydrogens is 296 g/mol. The van der Waals surface area contributed by atoms with Gasteiger partial charge in [0, 0.05) is 24.0 Å². The Morgan fingerprint density at radius 2 is 2.05 bits per heavy atom. The zero-order chi connectivity index (χ0) is 14.9. The lowest BCUT2D eigenvalue weighted by molar-refractivity contribution is 0.888. The summed E-state index contributed by atoms with van der Waals surface area (Å²) in [6.45, 7) is 0. The first kappa shape index (κ1) is 12.8. The maximum atomic E-state index is 5.12. The SMILES string of the molecule is S=c1ccnc(-c2cc3cn(-c4cccnc4)nc3cn2)[nH]1. The number of rotatable bonds is 2. The largest absolute Gasteiger partial charge is 0.329 e. The van der Waals surface area contributed by atoms with E-state index in [2.05, 4.69) is 25.0 Å². The van der Waals surface area contributed by atoms with Crippen molar-refractivity contribution in [2.24, 2.45) is 0 Å². The van der Waals surface area contributed by atoms with Gasteiger partial charge < -0.3 is 4.98 Å². The van der Waals surface area contributed by atoms with E-state index in [1.165, 1.54) is 0 Å². The van der Waals surface area contributed by atoms with E-state index in [1.54, 1.807) is 35.5 Å². The minimum Gasteiger partial charge on any atom is -0.329 e. The molecule has 1 N–H and O–H groups in total. The third-order valence-corrected chi connectivity index (χ3v) is 3.45. The van der Waals surface area contributed by atoms with Crippen molar-refractivity contribution < 1.29 is 0 Å². The van der Waals surface area contributed by atoms with Crippen LogP contribution >= 0.6 is 12.2 Å². The van der Waals surface area contributed by atoms with Gasteiger partial charge in [0.15, 0.2) is 5.82 Å². The fourth-order valence-corrected chi connectivity index (χ4v) is 2.34. The molecule has 7 heteroatoms. The van der Waals surface area contributed by atoms with E-state index in [-0.39, 0.29) is 0 Å². The van der Waals surface area contributed by atoms with Gasteiger partial charge in [-0.05, 0) is 24.3 Å². The Balaban J connectivity index is 1.83. The van der Waals surface area contributed by atoms with Crippen LogP contribution in [-0.4, -0.2) is 29.7 Å². The summed E-state index contributed by atoms with van der Waals surface area (Å²) < 4.78 is 2.40. The predicted octanol–water partition coefficient (Wildman–Crippen LogP) is 2.94. The minimum absolute atomic E-state index is 0.623. The normalized spacial score (nSPS) is 10.9. The Morgan fingerprint density at radius 3 is 2.86 bits per heavy atom. The lowest BCUT2D eigenvalue weighted by Crippen LogP contribution is -1.93. The second-order valence-corrected chi connectivity index (χ2v) is 5.14. The first-order chi connectivity index (χ1) is 10.8. The molecule has 0 aliphatic rings. The lowest BCUT2D eigenvalue weighted by Gasteiger charge is -1.98. The van der Waals surface area contributed by atoms with Gasteiger partial charge in [0.1, 0.15) is 15.9 Å². The quantitative estimate of drug-likeness (QED) is 0.576. The molecule has 22 heavy (non-hydrogen) atoms.